The maximum Gasteiger partial charge on any atom is 0.119 e. The van der Waals surface area contributed by atoms with Crippen molar-refractivity contribution in [1.82, 2.24) is 0 Å². The number of anilines is 1. The second kappa shape index (κ2) is 6.02. The van der Waals surface area contributed by atoms with Crippen molar-refractivity contribution in [2.24, 2.45) is 0 Å². The van der Waals surface area contributed by atoms with Gasteiger partial charge in [-0.3, -0.25) is 0 Å². The maximum atomic E-state index is 5.96. The first kappa shape index (κ1) is 13.7. The predicted molar refractivity (Wildman–Crippen MR) is 78.4 cm³/mol. The smallest absolute Gasteiger partial charge is 0.119 e. The van der Waals surface area contributed by atoms with E-state index < -0.39 is 0 Å². The summed E-state index contributed by atoms with van der Waals surface area (Å²) in [4.78, 5) is 0. The summed E-state index contributed by atoms with van der Waals surface area (Å²) in [5.41, 5.74) is 1.11. The highest BCUT2D eigenvalue weighted by Gasteiger charge is 2.40. The average molecular weight is 277 g/mol. The number of benzene rings is 1. The Morgan fingerprint density at radius 3 is 2.85 bits per heavy atom. The first-order chi connectivity index (χ1) is 9.80. The zero-order chi connectivity index (χ0) is 13.8. The van der Waals surface area contributed by atoms with Crippen molar-refractivity contribution in [3.63, 3.8) is 0 Å². The lowest BCUT2D eigenvalue weighted by atomic mass is 9.89. The second-order valence-electron chi connectivity index (χ2n) is 5.63. The fourth-order valence-corrected chi connectivity index (χ4v) is 3.06. The predicted octanol–water partition coefficient (Wildman–Crippen LogP) is 2.84. The van der Waals surface area contributed by atoms with E-state index in [0.717, 1.165) is 50.5 Å². The van der Waals surface area contributed by atoms with Crippen molar-refractivity contribution in [3.05, 3.63) is 24.3 Å². The monoisotopic (exact) mass is 277 g/mol. The van der Waals surface area contributed by atoms with Crippen LogP contribution in [0.25, 0.3) is 0 Å². The minimum Gasteiger partial charge on any atom is -0.494 e. The molecule has 0 aromatic heterocycles. The van der Waals surface area contributed by atoms with Crippen LogP contribution in [0.15, 0.2) is 24.3 Å². The molecule has 0 aliphatic carbocycles. The Labute approximate surface area is 120 Å². The highest BCUT2D eigenvalue weighted by Crippen LogP contribution is 2.34. The largest absolute Gasteiger partial charge is 0.494 e. The Bertz CT molecular complexity index is 426. The summed E-state index contributed by atoms with van der Waals surface area (Å²) in [7, 11) is 0. The first-order valence-corrected chi connectivity index (χ1v) is 7.51. The quantitative estimate of drug-likeness (QED) is 0.918. The minimum absolute atomic E-state index is 0.0405. The van der Waals surface area contributed by atoms with Crippen LogP contribution < -0.4 is 10.1 Å². The van der Waals surface area contributed by atoms with E-state index in [9.17, 15) is 0 Å². The number of nitrogens with one attached hydrogen (secondary N) is 1. The van der Waals surface area contributed by atoms with E-state index >= 15 is 0 Å². The van der Waals surface area contributed by atoms with Gasteiger partial charge in [0.25, 0.3) is 0 Å². The van der Waals surface area contributed by atoms with Crippen LogP contribution in [0.5, 0.6) is 5.75 Å². The van der Waals surface area contributed by atoms with E-state index in [4.69, 9.17) is 14.2 Å². The number of rotatable bonds is 4. The highest BCUT2D eigenvalue weighted by atomic mass is 16.6. The molecule has 3 rings (SSSR count). The van der Waals surface area contributed by atoms with Gasteiger partial charge in [0.2, 0.25) is 0 Å². The summed E-state index contributed by atoms with van der Waals surface area (Å²) >= 11 is 0. The first-order valence-electron chi connectivity index (χ1n) is 7.51. The van der Waals surface area contributed by atoms with Gasteiger partial charge in [0.15, 0.2) is 0 Å². The molecule has 0 bridgehead atoms. The molecule has 2 atom stereocenters. The number of ether oxygens (including phenoxy) is 3. The minimum atomic E-state index is -0.0405. The van der Waals surface area contributed by atoms with E-state index in [1.165, 1.54) is 0 Å². The molecule has 0 saturated carbocycles. The molecule has 2 aliphatic heterocycles. The molecule has 2 aliphatic rings. The van der Waals surface area contributed by atoms with E-state index in [-0.39, 0.29) is 5.60 Å². The van der Waals surface area contributed by atoms with E-state index in [0.29, 0.717) is 12.6 Å². The topological polar surface area (TPSA) is 39.7 Å². The molecule has 110 valence electrons. The van der Waals surface area contributed by atoms with Crippen LogP contribution in [0.1, 0.15) is 26.2 Å². The molecule has 4 nitrogen and oxygen atoms in total. The van der Waals surface area contributed by atoms with Crippen LogP contribution in [-0.4, -0.2) is 38.1 Å². The van der Waals surface area contributed by atoms with Gasteiger partial charge >= 0.3 is 0 Å². The molecule has 0 amide bonds. The van der Waals surface area contributed by atoms with Crippen LogP contribution in [-0.2, 0) is 9.47 Å². The average Bonchev–Trinajstić information content (AvgIpc) is 2.89. The van der Waals surface area contributed by atoms with Crippen molar-refractivity contribution >= 4 is 5.69 Å². The third-order valence-corrected chi connectivity index (χ3v) is 4.10. The van der Waals surface area contributed by atoms with Crippen LogP contribution >= 0.6 is 0 Å². The molecule has 2 unspecified atom stereocenters. The standard InChI is InChI=1S/C16H23NO3/c1-2-19-15-5-3-13(4-6-15)17-14-7-9-20-16(11-14)8-10-18-12-16/h3-6,14,17H,2,7-12H2,1H3. The summed E-state index contributed by atoms with van der Waals surface area (Å²) in [6.07, 6.45) is 3.10. The van der Waals surface area contributed by atoms with Crippen LogP contribution in [0, 0.1) is 0 Å². The van der Waals surface area contributed by atoms with Crippen molar-refractivity contribution in [2.75, 3.05) is 31.7 Å². The Kier molecular flexibility index (Phi) is 4.13. The van der Waals surface area contributed by atoms with Gasteiger partial charge in [0.1, 0.15) is 5.75 Å². The molecule has 2 heterocycles. The molecular weight excluding hydrogens is 254 g/mol. The zero-order valence-corrected chi connectivity index (χ0v) is 12.1. The number of hydrogen-bond acceptors (Lipinski definition) is 4. The normalized spacial score (nSPS) is 29.6. The molecule has 1 aromatic rings. The van der Waals surface area contributed by atoms with Crippen LogP contribution in [0.2, 0.25) is 0 Å². The molecule has 2 fully saturated rings. The number of hydrogen-bond donors (Lipinski definition) is 1. The lowest BCUT2D eigenvalue weighted by molar-refractivity contribution is -0.0828. The molecule has 1 spiro atoms. The Morgan fingerprint density at radius 2 is 2.15 bits per heavy atom. The summed E-state index contributed by atoms with van der Waals surface area (Å²) < 4.78 is 16.9. The van der Waals surface area contributed by atoms with Crippen molar-refractivity contribution < 1.29 is 14.2 Å². The van der Waals surface area contributed by atoms with Gasteiger partial charge < -0.3 is 19.5 Å². The molecule has 1 aromatic carbocycles. The van der Waals surface area contributed by atoms with E-state index in [1.807, 2.05) is 19.1 Å². The van der Waals surface area contributed by atoms with Gasteiger partial charge in [-0.2, -0.15) is 0 Å². The van der Waals surface area contributed by atoms with E-state index in [2.05, 4.69) is 17.4 Å². The maximum absolute atomic E-state index is 5.96. The van der Waals surface area contributed by atoms with Crippen molar-refractivity contribution in [1.29, 1.82) is 0 Å². The molecule has 4 heteroatoms. The summed E-state index contributed by atoms with van der Waals surface area (Å²) in [6, 6.07) is 8.65. The Morgan fingerprint density at radius 1 is 1.30 bits per heavy atom. The molecule has 1 N–H and O–H groups in total. The van der Waals surface area contributed by atoms with Crippen LogP contribution in [0.3, 0.4) is 0 Å². The second-order valence-corrected chi connectivity index (χ2v) is 5.63. The van der Waals surface area contributed by atoms with Gasteiger partial charge in [0.05, 0.1) is 18.8 Å². The van der Waals surface area contributed by atoms with Gasteiger partial charge in [-0.1, -0.05) is 0 Å². The van der Waals surface area contributed by atoms with Gasteiger partial charge in [-0.05, 0) is 44.0 Å². The fourth-order valence-electron chi connectivity index (χ4n) is 3.06. The van der Waals surface area contributed by atoms with Crippen molar-refractivity contribution in [2.45, 2.75) is 37.8 Å². The Balaban J connectivity index is 1.59. The fraction of sp³-hybridized carbons (Fsp3) is 0.625. The summed E-state index contributed by atoms with van der Waals surface area (Å²) in [6.45, 7) is 5.09. The van der Waals surface area contributed by atoms with Crippen LogP contribution in [0.4, 0.5) is 5.69 Å². The third-order valence-electron chi connectivity index (χ3n) is 4.10. The van der Waals surface area contributed by atoms with Gasteiger partial charge in [-0.25, -0.2) is 0 Å². The van der Waals surface area contributed by atoms with Gasteiger partial charge in [0, 0.05) is 31.4 Å². The van der Waals surface area contributed by atoms with Gasteiger partial charge in [-0.15, -0.1) is 0 Å². The molecule has 0 radical (unpaired) electrons. The lowest BCUT2D eigenvalue weighted by Crippen LogP contribution is -2.44. The highest BCUT2D eigenvalue weighted by molar-refractivity contribution is 5.47. The molecular formula is C16H23NO3. The van der Waals surface area contributed by atoms with E-state index in [1.54, 1.807) is 0 Å². The SMILES string of the molecule is CCOc1ccc(NC2CCOC3(CCOC3)C2)cc1. The summed E-state index contributed by atoms with van der Waals surface area (Å²) in [5, 5.41) is 3.61. The zero-order valence-electron chi connectivity index (χ0n) is 12.1. The third kappa shape index (κ3) is 3.07. The Hall–Kier alpha value is -1.26. The summed E-state index contributed by atoms with van der Waals surface area (Å²) in [5.74, 6) is 0.922. The molecule has 20 heavy (non-hydrogen) atoms. The molecule has 2 saturated heterocycles. The lowest BCUT2D eigenvalue weighted by Gasteiger charge is -2.37. The van der Waals surface area contributed by atoms with Crippen molar-refractivity contribution in [3.8, 4) is 5.75 Å².